The molecule has 3 rings (SSSR count). The van der Waals surface area contributed by atoms with E-state index in [1.807, 2.05) is 30.3 Å². The summed E-state index contributed by atoms with van der Waals surface area (Å²) in [5.74, 6) is -0.517. The van der Waals surface area contributed by atoms with Crippen LogP contribution in [-0.2, 0) is 26.0 Å². The number of carbonyl (C=O) groups excluding carboxylic acids is 2. The zero-order valence-electron chi connectivity index (χ0n) is 15.6. The van der Waals surface area contributed by atoms with Crippen molar-refractivity contribution in [3.8, 4) is 5.75 Å². The molecule has 1 aliphatic heterocycles. The number of amides is 2. The minimum absolute atomic E-state index is 0.105. The molecule has 148 valence electrons. The first-order chi connectivity index (χ1) is 13.4. The van der Waals surface area contributed by atoms with E-state index in [0.717, 1.165) is 10.5 Å². The SMILES string of the molecule is COc1ccc(N2C(=O)CCCC2=O)cc1S(=O)(=O)NCCc1ccccc1. The predicted octanol–water partition coefficient (Wildman–Crippen LogP) is 2.26. The molecule has 28 heavy (non-hydrogen) atoms. The van der Waals surface area contributed by atoms with Crippen LogP contribution in [0.3, 0.4) is 0 Å². The smallest absolute Gasteiger partial charge is 0.244 e. The van der Waals surface area contributed by atoms with Gasteiger partial charge < -0.3 is 4.74 Å². The fourth-order valence-corrected chi connectivity index (χ4v) is 4.33. The highest BCUT2D eigenvalue weighted by molar-refractivity contribution is 7.89. The molecule has 2 amide bonds. The molecule has 1 saturated heterocycles. The van der Waals surface area contributed by atoms with E-state index in [-0.39, 0.29) is 47.5 Å². The van der Waals surface area contributed by atoms with Gasteiger partial charge in [-0.1, -0.05) is 30.3 Å². The first-order valence-electron chi connectivity index (χ1n) is 9.00. The molecule has 7 nitrogen and oxygen atoms in total. The highest BCUT2D eigenvalue weighted by Gasteiger charge is 2.29. The number of rotatable bonds is 7. The van der Waals surface area contributed by atoms with Crippen molar-refractivity contribution in [2.45, 2.75) is 30.6 Å². The summed E-state index contributed by atoms with van der Waals surface area (Å²) in [5.41, 5.74) is 1.24. The maximum absolute atomic E-state index is 12.8. The van der Waals surface area contributed by atoms with Crippen molar-refractivity contribution in [1.29, 1.82) is 0 Å². The number of piperidine rings is 1. The van der Waals surface area contributed by atoms with Crippen molar-refractivity contribution in [2.24, 2.45) is 0 Å². The van der Waals surface area contributed by atoms with Gasteiger partial charge in [0, 0.05) is 19.4 Å². The van der Waals surface area contributed by atoms with Gasteiger partial charge in [0.25, 0.3) is 0 Å². The van der Waals surface area contributed by atoms with Crippen LogP contribution in [0.2, 0.25) is 0 Å². The quantitative estimate of drug-likeness (QED) is 0.717. The third-order valence-corrected chi connectivity index (χ3v) is 6.01. The van der Waals surface area contributed by atoms with E-state index in [1.165, 1.54) is 25.3 Å². The largest absolute Gasteiger partial charge is 0.495 e. The number of imide groups is 1. The van der Waals surface area contributed by atoms with Gasteiger partial charge in [0.2, 0.25) is 21.8 Å². The Kier molecular flexibility index (Phi) is 6.11. The number of ether oxygens (including phenoxy) is 1. The fraction of sp³-hybridized carbons (Fsp3) is 0.300. The molecule has 0 spiro atoms. The van der Waals surface area contributed by atoms with Crippen LogP contribution in [0, 0.1) is 0 Å². The van der Waals surface area contributed by atoms with E-state index in [1.54, 1.807) is 0 Å². The van der Waals surface area contributed by atoms with Gasteiger partial charge in [-0.25, -0.2) is 13.1 Å². The van der Waals surface area contributed by atoms with E-state index >= 15 is 0 Å². The highest BCUT2D eigenvalue weighted by atomic mass is 32.2. The van der Waals surface area contributed by atoms with E-state index in [0.29, 0.717) is 12.8 Å². The minimum atomic E-state index is -3.89. The van der Waals surface area contributed by atoms with E-state index in [4.69, 9.17) is 4.74 Å². The zero-order valence-corrected chi connectivity index (χ0v) is 16.4. The molecule has 2 aromatic rings. The standard InChI is InChI=1S/C20H22N2O5S/c1-27-17-11-10-16(22-19(23)8-5-9-20(22)24)14-18(17)28(25,26)21-13-12-15-6-3-2-4-7-15/h2-4,6-7,10-11,14,21H,5,8-9,12-13H2,1H3. The molecule has 1 aliphatic rings. The first kappa shape index (κ1) is 20.0. The monoisotopic (exact) mass is 402 g/mol. The van der Waals surface area contributed by atoms with Crippen LogP contribution >= 0.6 is 0 Å². The summed E-state index contributed by atoms with van der Waals surface area (Å²) in [4.78, 5) is 25.3. The molecule has 0 aliphatic carbocycles. The van der Waals surface area contributed by atoms with E-state index < -0.39 is 10.0 Å². The van der Waals surface area contributed by atoms with Crippen LogP contribution in [0.4, 0.5) is 5.69 Å². The molecule has 0 saturated carbocycles. The number of benzene rings is 2. The maximum Gasteiger partial charge on any atom is 0.244 e. The predicted molar refractivity (Wildman–Crippen MR) is 105 cm³/mol. The summed E-state index contributed by atoms with van der Waals surface area (Å²) in [7, 11) is -2.52. The van der Waals surface area contributed by atoms with E-state index in [2.05, 4.69) is 4.72 Å². The topological polar surface area (TPSA) is 92.8 Å². The van der Waals surface area contributed by atoms with Crippen LogP contribution in [0.25, 0.3) is 0 Å². The third-order valence-electron chi connectivity index (χ3n) is 4.52. The average Bonchev–Trinajstić information content (AvgIpc) is 2.68. The van der Waals surface area contributed by atoms with Gasteiger partial charge in [-0.15, -0.1) is 0 Å². The third kappa shape index (κ3) is 4.40. The summed E-state index contributed by atoms with van der Waals surface area (Å²) < 4.78 is 33.4. The zero-order chi connectivity index (χ0) is 20.1. The van der Waals surface area contributed by atoms with Crippen LogP contribution in [0.15, 0.2) is 53.4 Å². The molecule has 0 bridgehead atoms. The molecule has 2 aromatic carbocycles. The Hall–Kier alpha value is -2.71. The Morgan fingerprint density at radius 2 is 1.71 bits per heavy atom. The second-order valence-electron chi connectivity index (χ2n) is 6.44. The van der Waals surface area contributed by atoms with Crippen molar-refractivity contribution in [3.05, 3.63) is 54.1 Å². The van der Waals surface area contributed by atoms with Crippen molar-refractivity contribution in [3.63, 3.8) is 0 Å². The number of nitrogens with zero attached hydrogens (tertiary/aromatic N) is 1. The molecule has 1 fully saturated rings. The van der Waals surface area contributed by atoms with Gasteiger partial charge in [0.1, 0.15) is 10.6 Å². The maximum atomic E-state index is 12.8. The Morgan fingerprint density at radius 1 is 1.04 bits per heavy atom. The van der Waals surface area contributed by atoms with Gasteiger partial charge in [0.15, 0.2) is 0 Å². The van der Waals surface area contributed by atoms with Gasteiger partial charge >= 0.3 is 0 Å². The second-order valence-corrected chi connectivity index (χ2v) is 8.18. The average molecular weight is 402 g/mol. The molecule has 0 atom stereocenters. The molecule has 1 heterocycles. The van der Waals surface area contributed by atoms with Gasteiger partial charge in [0.05, 0.1) is 12.8 Å². The number of anilines is 1. The molecule has 0 unspecified atom stereocenters. The number of carbonyl (C=O) groups is 2. The van der Waals surface area contributed by atoms with Crippen LogP contribution in [-0.4, -0.2) is 33.9 Å². The lowest BCUT2D eigenvalue weighted by Crippen LogP contribution is -2.40. The Bertz CT molecular complexity index is 957. The number of methoxy groups -OCH3 is 1. The van der Waals surface area contributed by atoms with Crippen molar-refractivity contribution in [2.75, 3.05) is 18.6 Å². The lowest BCUT2D eigenvalue weighted by Gasteiger charge is -2.25. The fourth-order valence-electron chi connectivity index (χ4n) is 3.11. The summed E-state index contributed by atoms with van der Waals surface area (Å²) in [6.07, 6.45) is 1.56. The normalized spacial score (nSPS) is 15.0. The Balaban J connectivity index is 1.84. The van der Waals surface area contributed by atoms with Crippen LogP contribution in [0.5, 0.6) is 5.75 Å². The van der Waals surface area contributed by atoms with Crippen LogP contribution in [0.1, 0.15) is 24.8 Å². The molecule has 8 heteroatoms. The summed E-state index contributed by atoms with van der Waals surface area (Å²) in [6, 6.07) is 13.8. The van der Waals surface area contributed by atoms with Crippen molar-refractivity contribution in [1.82, 2.24) is 4.72 Å². The Morgan fingerprint density at radius 3 is 2.36 bits per heavy atom. The molecule has 1 N–H and O–H groups in total. The van der Waals surface area contributed by atoms with Gasteiger partial charge in [-0.05, 0) is 36.6 Å². The second kappa shape index (κ2) is 8.53. The van der Waals surface area contributed by atoms with Crippen molar-refractivity contribution >= 4 is 27.5 Å². The Labute approximate surface area is 164 Å². The molecule has 0 radical (unpaired) electrons. The lowest BCUT2D eigenvalue weighted by molar-refractivity contribution is -0.129. The molecule has 0 aromatic heterocycles. The number of nitrogens with one attached hydrogen (secondary N) is 1. The first-order valence-corrected chi connectivity index (χ1v) is 10.5. The van der Waals surface area contributed by atoms with Crippen LogP contribution < -0.4 is 14.4 Å². The number of hydrogen-bond acceptors (Lipinski definition) is 5. The summed E-state index contributed by atoms with van der Waals surface area (Å²) in [5, 5.41) is 0. The van der Waals surface area contributed by atoms with Crippen molar-refractivity contribution < 1.29 is 22.7 Å². The number of sulfonamides is 1. The summed E-state index contributed by atoms with van der Waals surface area (Å²) in [6.45, 7) is 0.210. The molecular formula is C20H22N2O5S. The minimum Gasteiger partial charge on any atom is -0.495 e. The van der Waals surface area contributed by atoms with Gasteiger partial charge in [-0.2, -0.15) is 0 Å². The summed E-state index contributed by atoms with van der Waals surface area (Å²) >= 11 is 0. The van der Waals surface area contributed by atoms with Gasteiger partial charge in [-0.3, -0.25) is 14.5 Å². The van der Waals surface area contributed by atoms with E-state index in [9.17, 15) is 18.0 Å². The highest BCUT2D eigenvalue weighted by Crippen LogP contribution is 2.31. The lowest BCUT2D eigenvalue weighted by atomic mass is 10.1. The molecular weight excluding hydrogens is 380 g/mol. The number of hydrogen-bond donors (Lipinski definition) is 1.